The van der Waals surface area contributed by atoms with E-state index >= 15 is 0 Å². The fourth-order valence-corrected chi connectivity index (χ4v) is 14.8. The number of fused-ring (bicyclic) bond motifs is 12. The van der Waals surface area contributed by atoms with Crippen LogP contribution in [0.3, 0.4) is 0 Å². The number of nitrogens with one attached hydrogen (secondary N) is 1. The summed E-state index contributed by atoms with van der Waals surface area (Å²) < 4.78 is 50.8. The van der Waals surface area contributed by atoms with Gasteiger partial charge in [-0.25, -0.2) is 34.7 Å². The van der Waals surface area contributed by atoms with Gasteiger partial charge in [0.15, 0.2) is 60.3 Å². The highest BCUT2D eigenvalue weighted by Gasteiger charge is 2.50. The van der Waals surface area contributed by atoms with E-state index in [0.29, 0.717) is 0 Å². The van der Waals surface area contributed by atoms with Crippen molar-refractivity contribution in [2.24, 2.45) is 35.7 Å². The number of carboxylic acid groups (broad SMARTS) is 1. The van der Waals surface area contributed by atoms with Gasteiger partial charge in [-0.1, -0.05) is 71.2 Å². The number of aliphatic carboxylic acids is 1. The van der Waals surface area contributed by atoms with Gasteiger partial charge in [0.05, 0.1) is 40.5 Å². The molecule has 0 aliphatic carbocycles. The van der Waals surface area contributed by atoms with Gasteiger partial charge >= 0.3 is 5.97 Å². The fraction of sp³-hybridized carbons (Fsp3) is 0.364. The van der Waals surface area contributed by atoms with E-state index in [1.165, 1.54) is 56.4 Å². The maximum absolute atomic E-state index is 13.7. The molecule has 14 unspecified atom stereocenters. The molecular weight excluding hydrogens is 1620 g/mol. The van der Waals surface area contributed by atoms with Gasteiger partial charge in [0.25, 0.3) is 0 Å². The van der Waals surface area contributed by atoms with Crippen LogP contribution in [0.15, 0.2) is 151 Å². The summed E-state index contributed by atoms with van der Waals surface area (Å²) in [6.07, 6.45) is -28.7. The van der Waals surface area contributed by atoms with Crippen LogP contribution in [0, 0.1) is 0 Å². The summed E-state index contributed by atoms with van der Waals surface area (Å²) in [6.45, 7) is -0.560. The summed E-state index contributed by atoms with van der Waals surface area (Å²) in [4.78, 5) is 40.8. The average Bonchev–Trinajstić information content (AvgIpc) is 0.763. The smallest absolute Gasteiger partial charge is 0.333 e. The molecule has 0 saturated carbocycles. The number of ether oxygens (including phenoxy) is 8. The van der Waals surface area contributed by atoms with Gasteiger partial charge in [-0.3, -0.25) is 0 Å². The number of benzene rings is 7. The highest BCUT2D eigenvalue weighted by molar-refractivity contribution is 6.33. The number of nitrogens with two attached hydrogens (primary N) is 1. The minimum absolute atomic E-state index is 0.162. The predicted octanol–water partition coefficient (Wildman–Crippen LogP) is 5.47. The lowest BCUT2D eigenvalue weighted by molar-refractivity contribution is -0.312. The lowest BCUT2D eigenvalue weighted by Gasteiger charge is -2.41. The largest absolute Gasteiger partial charge is 0.508 e. The molecule has 41 heteroatoms. The van der Waals surface area contributed by atoms with Crippen LogP contribution in [-0.2, 0) is 28.5 Å². The predicted molar refractivity (Wildman–Crippen MR) is 415 cm³/mol. The van der Waals surface area contributed by atoms with Crippen molar-refractivity contribution in [1.82, 2.24) is 5.32 Å². The third-order valence-electron chi connectivity index (χ3n) is 20.4. The van der Waals surface area contributed by atoms with Gasteiger partial charge in [0.2, 0.25) is 47.4 Å². The Bertz CT molecular complexity index is 5110. The number of phenols is 5. The molecule has 15 rings (SSSR count). The standard InChI is InChI=1S/C77H79Cl3N8O30/c1-26-59(96)40(81)23-50(111-26)116-66-30-7-13-44(38(79)17-30)112-46-19-32-20-47(68(46)118-77-65(102)63(100)61(98)49(25-90)115-77)113-45-14-8-31(18-39(45)80)67(117-76-64(101)62(99)60(97)48(24-89)114-76)58(87-69(103)52(82-2)27-3-9-33(91)10-4-27)73(107)84-54(29-6-12-42(94)37(78)16-29)70(104)85-55(32)72(106)83-53-28-5-11-41(93)35(15-28)51-36(21-34(92)22-43(51)95)56(75(109)110)86-74(108)57(66)88-71(53)105/h3-22,26,40,48-50,52-67,76-77,82,89-102H,23-25,81H2,1-2H3,(H,83,106)(H,84,107)(H,85,104)(H,86,108)(H,87,103)(H,88,105)(H,109,110)/t26?,40?,48?,49?,50?,52-,53-,54+,55-,56-,57+,58-,59?,60?,61?,62?,63?,64?,65?,66-,67-,76?,77?/m1/s1. The van der Waals surface area contributed by atoms with Crippen LogP contribution in [0.4, 0.5) is 0 Å². The number of nitrogens with zero attached hydrogens (tertiary/aromatic N) is 6. The van der Waals surface area contributed by atoms with Crippen LogP contribution in [-0.4, -0.2) is 267 Å². The number of hydrogen-bond acceptors (Lipinski definition) is 31. The van der Waals surface area contributed by atoms with E-state index in [9.17, 15) is 112 Å². The first kappa shape index (κ1) is 85.3. The molecule has 8 aliphatic rings. The zero-order valence-electron chi connectivity index (χ0n) is 61.4. The molecule has 8 heterocycles. The molecule has 118 heavy (non-hydrogen) atoms. The molecule has 23 atom stereocenters. The van der Waals surface area contributed by atoms with Gasteiger partial charge in [-0.15, -0.1) is 0 Å². The number of aliphatic hydroxyl groups is 15. The highest BCUT2D eigenvalue weighted by Crippen LogP contribution is 2.52. The normalized spacial score (nSPS) is 30.4. The minimum atomic E-state index is -2.45. The number of aliphatic hydroxyl groups excluding tert-OH is 15. The van der Waals surface area contributed by atoms with Crippen LogP contribution in [0.2, 0.25) is 15.1 Å². The van der Waals surface area contributed by atoms with Crippen molar-refractivity contribution in [3.63, 3.8) is 0 Å². The van der Waals surface area contributed by atoms with Crippen LogP contribution < -0.4 is 25.3 Å². The van der Waals surface area contributed by atoms with E-state index in [1.54, 1.807) is 0 Å². The van der Waals surface area contributed by atoms with Gasteiger partial charge in [-0.2, -0.15) is 0 Å². The zero-order valence-corrected chi connectivity index (χ0v) is 63.7. The number of phenolic OH excluding ortho intramolecular Hbond substituents is 5. The zero-order chi connectivity index (χ0) is 84.9. The minimum Gasteiger partial charge on any atom is -0.508 e. The first-order chi connectivity index (χ1) is 56.1. The molecule has 0 aromatic heterocycles. The molecule has 7 aromatic rings. The Morgan fingerprint density at radius 1 is 0.525 bits per heavy atom. The van der Waals surface area contributed by atoms with E-state index in [2.05, 4.69) is 35.3 Å². The Morgan fingerprint density at radius 2 is 1.05 bits per heavy atom. The van der Waals surface area contributed by atoms with E-state index in [4.69, 9.17) is 78.4 Å². The van der Waals surface area contributed by atoms with Crippen LogP contribution in [0.25, 0.3) is 11.1 Å². The molecule has 0 amide bonds. The van der Waals surface area contributed by atoms with Crippen molar-refractivity contribution in [2.75, 3.05) is 20.3 Å². The Labute approximate surface area is 681 Å². The molecule has 24 N–H and O–H groups in total. The maximum atomic E-state index is 13.7. The molecule has 3 fully saturated rings. The SMILES string of the molecule is CN[C@@H](C(O)=N[C@H]1C(O)=N[C@@H](c2ccc(O)c(Cl)c2)C(O)=N[C@H]2C(O)=N[C@H]3C(O)=N[C@H](C(O)=N[C@@H](C(=O)O)c4cc(O)cc(O)c4-c4cc3ccc4O)[C@H](OC3CC(N)C(O)C(C)O3)c3ccc(c(Cl)c3)Oc3cc2cc(c3OC2OC(CO)C(O)C(O)C2O)Oc2ccc(cc2Cl)[C@H]1OC1OC(CO)C(O)C(O)C1O)c1ccc(O)cc1. The number of aromatic hydroxyl groups is 5. The number of halogens is 3. The molecule has 11 bridgehead atoms. The molecule has 38 nitrogen and oxygen atoms in total. The third-order valence-corrected chi connectivity index (χ3v) is 21.3. The summed E-state index contributed by atoms with van der Waals surface area (Å²) in [6, 6.07) is 5.75. The van der Waals surface area contributed by atoms with E-state index < -0.39 is 284 Å². The second-order valence-corrected chi connectivity index (χ2v) is 29.4. The number of likely N-dealkylation sites (N-methyl/N-ethyl adjacent to an activating group) is 1. The number of hydrogen-bond donors (Lipinski definition) is 23. The Hall–Kier alpha value is -10.5. The topological polar surface area (TPSA) is 628 Å². The van der Waals surface area contributed by atoms with Gasteiger partial charge in [-0.05, 0) is 126 Å². The number of rotatable bonds is 14. The maximum Gasteiger partial charge on any atom is 0.333 e. The Morgan fingerprint density at radius 3 is 1.61 bits per heavy atom. The van der Waals surface area contributed by atoms with Gasteiger partial charge in [0, 0.05) is 35.2 Å². The third kappa shape index (κ3) is 17.4. The summed E-state index contributed by atoms with van der Waals surface area (Å²) in [5, 5.41) is 247. The van der Waals surface area contributed by atoms with Crippen molar-refractivity contribution >= 4 is 76.2 Å². The van der Waals surface area contributed by atoms with E-state index in [1.807, 2.05) is 0 Å². The second-order valence-electron chi connectivity index (χ2n) is 28.2. The number of carboxylic acids is 1. The van der Waals surface area contributed by atoms with Crippen LogP contribution in [0.5, 0.6) is 57.5 Å². The summed E-state index contributed by atoms with van der Waals surface area (Å²) in [5.41, 5.74) is 3.37. The Balaban J connectivity index is 1.14. The van der Waals surface area contributed by atoms with Crippen molar-refractivity contribution < 1.29 is 150 Å². The van der Waals surface area contributed by atoms with Crippen molar-refractivity contribution in [1.29, 1.82) is 0 Å². The number of carbonyl (C=O) groups is 1. The average molecular weight is 1700 g/mol. The molecular formula is C77H79Cl3N8O30. The quantitative estimate of drug-likeness (QED) is 0.0474. The first-order valence-electron chi connectivity index (χ1n) is 36.1. The van der Waals surface area contributed by atoms with Crippen LogP contribution in [0.1, 0.15) is 94.7 Å². The number of aliphatic imine (C=N–C) groups is 6. The van der Waals surface area contributed by atoms with Crippen molar-refractivity contribution in [2.45, 2.75) is 154 Å². The molecule has 628 valence electrons. The molecule has 0 radical (unpaired) electrons. The fourth-order valence-electron chi connectivity index (χ4n) is 14.2. The summed E-state index contributed by atoms with van der Waals surface area (Å²) in [7, 11) is 1.38. The highest BCUT2D eigenvalue weighted by atomic mass is 35.5. The lowest BCUT2D eigenvalue weighted by Crippen LogP contribution is -2.60. The van der Waals surface area contributed by atoms with Gasteiger partial charge in [0.1, 0.15) is 107 Å². The van der Waals surface area contributed by atoms with Crippen molar-refractivity contribution in [3.8, 4) is 68.6 Å². The van der Waals surface area contributed by atoms with Crippen LogP contribution >= 0.6 is 34.8 Å². The molecule has 3 saturated heterocycles. The monoisotopic (exact) mass is 1700 g/mol. The summed E-state index contributed by atoms with van der Waals surface area (Å²) in [5.74, 6) is -15.5. The van der Waals surface area contributed by atoms with E-state index in [-0.39, 0.29) is 40.0 Å². The molecule has 0 spiro atoms. The molecule has 8 aliphatic heterocycles. The molecule has 7 aromatic carbocycles. The first-order valence-corrected chi connectivity index (χ1v) is 37.2. The van der Waals surface area contributed by atoms with Crippen molar-refractivity contribution in [3.05, 3.63) is 175 Å². The Kier molecular flexibility index (Phi) is 25.4. The van der Waals surface area contributed by atoms with Gasteiger partial charge < -0.3 is 156 Å². The van der Waals surface area contributed by atoms with E-state index in [0.717, 1.165) is 78.9 Å². The lowest BCUT2D eigenvalue weighted by atomic mass is 9.90. The summed E-state index contributed by atoms with van der Waals surface area (Å²) >= 11 is 21.3. The second kappa shape index (κ2) is 35.2.